The van der Waals surface area contributed by atoms with Gasteiger partial charge in [0, 0.05) is 24.7 Å². The Balaban J connectivity index is 1.45. The topological polar surface area (TPSA) is 67.9 Å². The van der Waals surface area contributed by atoms with Crippen LogP contribution in [0.1, 0.15) is 18.4 Å². The second-order valence-corrected chi connectivity index (χ2v) is 6.95. The van der Waals surface area contributed by atoms with E-state index < -0.39 is 0 Å². The molecule has 1 aliphatic heterocycles. The van der Waals surface area contributed by atoms with E-state index >= 15 is 0 Å². The van der Waals surface area contributed by atoms with Crippen LogP contribution in [0.2, 0.25) is 0 Å². The molecule has 0 spiro atoms. The molecule has 0 unspecified atom stereocenters. The zero-order chi connectivity index (χ0) is 19.9. The van der Waals surface area contributed by atoms with Gasteiger partial charge in [-0.15, -0.1) is 0 Å². The van der Waals surface area contributed by atoms with Crippen molar-refractivity contribution in [2.75, 3.05) is 32.1 Å². The lowest BCUT2D eigenvalue weighted by Crippen LogP contribution is -2.43. The van der Waals surface area contributed by atoms with Crippen molar-refractivity contribution in [3.8, 4) is 11.5 Å². The number of carbonyl (C=O) groups is 2. The van der Waals surface area contributed by atoms with E-state index in [0.717, 1.165) is 11.3 Å². The number of hydrogen-bond donors (Lipinski definition) is 1. The largest absolute Gasteiger partial charge is 0.493 e. The summed E-state index contributed by atoms with van der Waals surface area (Å²) in [4.78, 5) is 26.6. The number of benzene rings is 2. The van der Waals surface area contributed by atoms with Crippen LogP contribution < -0.4 is 14.8 Å². The third kappa shape index (κ3) is 5.03. The number of hydrogen-bond acceptors (Lipinski definition) is 4. The molecule has 2 aromatic rings. The number of para-hydroxylation sites is 2. The summed E-state index contributed by atoms with van der Waals surface area (Å²) in [7, 11) is 1.57. The fourth-order valence-corrected chi connectivity index (χ4v) is 3.24. The Hall–Kier alpha value is -3.02. The minimum atomic E-state index is -0.0829. The van der Waals surface area contributed by atoms with Gasteiger partial charge in [-0.05, 0) is 44.0 Å². The third-order valence-electron chi connectivity index (χ3n) is 4.96. The van der Waals surface area contributed by atoms with Crippen LogP contribution in [-0.4, -0.2) is 43.5 Å². The van der Waals surface area contributed by atoms with Crippen LogP contribution in [0.3, 0.4) is 0 Å². The summed E-state index contributed by atoms with van der Waals surface area (Å²) in [6.07, 6.45) is 1.30. The number of aryl methyl sites for hydroxylation is 1. The molecule has 0 saturated carbocycles. The van der Waals surface area contributed by atoms with Gasteiger partial charge in [0.25, 0.3) is 5.91 Å². The van der Waals surface area contributed by atoms with E-state index in [1.165, 1.54) is 0 Å². The maximum Gasteiger partial charge on any atom is 0.260 e. The quantitative estimate of drug-likeness (QED) is 0.833. The molecule has 1 heterocycles. The molecule has 1 N–H and O–H groups in total. The highest BCUT2D eigenvalue weighted by molar-refractivity contribution is 5.92. The summed E-state index contributed by atoms with van der Waals surface area (Å²) >= 11 is 0. The normalized spacial score (nSPS) is 14.4. The Morgan fingerprint density at radius 2 is 1.68 bits per heavy atom. The highest BCUT2D eigenvalue weighted by atomic mass is 16.5. The Morgan fingerprint density at radius 1 is 1.04 bits per heavy atom. The average molecular weight is 382 g/mol. The first kappa shape index (κ1) is 19.7. The van der Waals surface area contributed by atoms with Crippen LogP contribution in [0.5, 0.6) is 11.5 Å². The number of ether oxygens (including phenoxy) is 2. The SMILES string of the molecule is COc1ccccc1OCC(=O)N1CCC(C(=O)Nc2ccc(C)cc2)CC1. The second-order valence-electron chi connectivity index (χ2n) is 6.95. The standard InChI is InChI=1S/C22H26N2O4/c1-16-7-9-18(10-8-16)23-22(26)17-11-13-24(14-12-17)21(25)15-28-20-6-4-3-5-19(20)27-2/h3-10,17H,11-15H2,1-2H3,(H,23,26). The molecule has 0 aromatic heterocycles. The van der Waals surface area contributed by atoms with Gasteiger partial charge in [0.2, 0.25) is 5.91 Å². The lowest BCUT2D eigenvalue weighted by atomic mass is 9.95. The molecule has 148 valence electrons. The zero-order valence-electron chi connectivity index (χ0n) is 16.3. The number of amides is 2. The average Bonchev–Trinajstić information content (AvgIpc) is 2.74. The predicted molar refractivity (Wildman–Crippen MR) is 108 cm³/mol. The lowest BCUT2D eigenvalue weighted by molar-refractivity contribution is -0.136. The third-order valence-corrected chi connectivity index (χ3v) is 4.96. The smallest absolute Gasteiger partial charge is 0.260 e. The molecule has 1 saturated heterocycles. The number of methoxy groups -OCH3 is 1. The zero-order valence-corrected chi connectivity index (χ0v) is 16.3. The molecule has 1 fully saturated rings. The monoisotopic (exact) mass is 382 g/mol. The second kappa shape index (κ2) is 9.26. The van der Waals surface area contributed by atoms with Gasteiger partial charge < -0.3 is 19.7 Å². The molecule has 1 aliphatic rings. The van der Waals surface area contributed by atoms with E-state index in [4.69, 9.17) is 9.47 Å². The number of likely N-dealkylation sites (tertiary alicyclic amines) is 1. The lowest BCUT2D eigenvalue weighted by Gasteiger charge is -2.31. The molecule has 2 aromatic carbocycles. The fourth-order valence-electron chi connectivity index (χ4n) is 3.24. The van der Waals surface area contributed by atoms with Gasteiger partial charge in [-0.2, -0.15) is 0 Å². The van der Waals surface area contributed by atoms with Crippen molar-refractivity contribution < 1.29 is 19.1 Å². The summed E-state index contributed by atoms with van der Waals surface area (Å²) < 4.78 is 10.8. The fraction of sp³-hybridized carbons (Fsp3) is 0.364. The summed E-state index contributed by atoms with van der Waals surface area (Å²) in [5.74, 6) is 0.998. The summed E-state index contributed by atoms with van der Waals surface area (Å²) in [5, 5.41) is 2.96. The Kier molecular flexibility index (Phi) is 6.53. The molecule has 2 amide bonds. The Morgan fingerprint density at radius 3 is 2.32 bits per heavy atom. The van der Waals surface area contributed by atoms with E-state index in [-0.39, 0.29) is 24.3 Å². The molecular weight excluding hydrogens is 356 g/mol. The summed E-state index contributed by atoms with van der Waals surface area (Å²) in [5.41, 5.74) is 1.96. The molecule has 3 rings (SSSR count). The van der Waals surface area contributed by atoms with Gasteiger partial charge in [0.1, 0.15) is 0 Å². The molecule has 0 aliphatic carbocycles. The molecule has 6 nitrogen and oxygen atoms in total. The first-order valence-electron chi connectivity index (χ1n) is 9.48. The predicted octanol–water partition coefficient (Wildman–Crippen LogP) is 3.26. The minimum Gasteiger partial charge on any atom is -0.493 e. The number of nitrogens with zero attached hydrogens (tertiary/aromatic N) is 1. The number of piperidine rings is 1. The summed E-state index contributed by atoms with van der Waals surface area (Å²) in [6, 6.07) is 15.0. The van der Waals surface area contributed by atoms with Crippen LogP contribution in [0.4, 0.5) is 5.69 Å². The molecule has 0 bridgehead atoms. The van der Waals surface area contributed by atoms with Crippen LogP contribution in [0, 0.1) is 12.8 Å². The van der Waals surface area contributed by atoms with Gasteiger partial charge in [-0.25, -0.2) is 0 Å². The van der Waals surface area contributed by atoms with E-state index in [1.807, 2.05) is 43.3 Å². The van der Waals surface area contributed by atoms with E-state index in [2.05, 4.69) is 5.32 Å². The molecule has 28 heavy (non-hydrogen) atoms. The van der Waals surface area contributed by atoms with Crippen LogP contribution in [0.15, 0.2) is 48.5 Å². The first-order valence-corrected chi connectivity index (χ1v) is 9.48. The Labute approximate surface area is 165 Å². The summed E-state index contributed by atoms with van der Waals surface area (Å²) in [6.45, 7) is 3.08. The maximum absolute atomic E-state index is 12.5. The molecule has 0 atom stereocenters. The maximum atomic E-state index is 12.5. The van der Waals surface area contributed by atoms with Gasteiger partial charge >= 0.3 is 0 Å². The van der Waals surface area contributed by atoms with Crippen molar-refractivity contribution in [3.05, 3.63) is 54.1 Å². The van der Waals surface area contributed by atoms with Gasteiger partial charge in [0.15, 0.2) is 18.1 Å². The van der Waals surface area contributed by atoms with E-state index in [0.29, 0.717) is 37.4 Å². The van der Waals surface area contributed by atoms with Crippen LogP contribution in [0.25, 0.3) is 0 Å². The van der Waals surface area contributed by atoms with E-state index in [1.54, 1.807) is 24.1 Å². The minimum absolute atomic E-state index is 0.0150. The number of carbonyl (C=O) groups excluding carboxylic acids is 2. The van der Waals surface area contributed by atoms with Gasteiger partial charge in [-0.1, -0.05) is 29.8 Å². The first-order chi connectivity index (χ1) is 13.6. The van der Waals surface area contributed by atoms with Crippen LogP contribution in [-0.2, 0) is 9.59 Å². The van der Waals surface area contributed by atoms with Gasteiger partial charge in [0.05, 0.1) is 7.11 Å². The highest BCUT2D eigenvalue weighted by Gasteiger charge is 2.27. The highest BCUT2D eigenvalue weighted by Crippen LogP contribution is 2.26. The van der Waals surface area contributed by atoms with Gasteiger partial charge in [-0.3, -0.25) is 9.59 Å². The van der Waals surface area contributed by atoms with Crippen molar-refractivity contribution in [2.45, 2.75) is 19.8 Å². The molecule has 6 heteroatoms. The Bertz CT molecular complexity index is 812. The molecular formula is C22H26N2O4. The van der Waals surface area contributed by atoms with Crippen molar-refractivity contribution in [2.24, 2.45) is 5.92 Å². The van der Waals surface area contributed by atoms with Crippen molar-refractivity contribution in [1.82, 2.24) is 4.90 Å². The number of rotatable bonds is 6. The number of nitrogens with one attached hydrogen (secondary N) is 1. The van der Waals surface area contributed by atoms with Crippen LogP contribution >= 0.6 is 0 Å². The van der Waals surface area contributed by atoms with Crippen molar-refractivity contribution >= 4 is 17.5 Å². The number of anilines is 1. The van der Waals surface area contributed by atoms with E-state index in [9.17, 15) is 9.59 Å². The van der Waals surface area contributed by atoms with Crippen molar-refractivity contribution in [1.29, 1.82) is 0 Å². The molecule has 0 radical (unpaired) electrons. The van der Waals surface area contributed by atoms with Crippen molar-refractivity contribution in [3.63, 3.8) is 0 Å².